The van der Waals surface area contributed by atoms with Crippen molar-refractivity contribution in [3.05, 3.63) is 72.8 Å². The molecule has 3 aromatic carbocycles. The lowest BCUT2D eigenvalue weighted by atomic mass is 10.1. The Morgan fingerprint density at radius 2 is 1.69 bits per heavy atom. The van der Waals surface area contributed by atoms with Gasteiger partial charge in [0.1, 0.15) is 5.75 Å². The second-order valence-electron chi connectivity index (χ2n) is 5.95. The van der Waals surface area contributed by atoms with Crippen LogP contribution in [0.5, 0.6) is 5.75 Å². The van der Waals surface area contributed by atoms with E-state index in [1.165, 1.54) is 0 Å². The maximum absolute atomic E-state index is 11.6. The Morgan fingerprint density at radius 3 is 2.42 bits per heavy atom. The lowest BCUT2D eigenvalue weighted by Crippen LogP contribution is -2.06. The third kappa shape index (κ3) is 4.90. The molecule has 0 atom stereocenters. The van der Waals surface area contributed by atoms with E-state index in [4.69, 9.17) is 10.5 Å². The summed E-state index contributed by atoms with van der Waals surface area (Å²) >= 11 is 1.63. The number of ether oxygens (including phenoxy) is 1. The molecule has 0 amide bonds. The fourth-order valence-electron chi connectivity index (χ4n) is 2.56. The second kappa shape index (κ2) is 8.59. The number of carbonyl (C=O) groups excluding carboxylic acids is 1. The molecule has 0 fully saturated rings. The van der Waals surface area contributed by atoms with Gasteiger partial charge in [0.2, 0.25) is 0 Å². The number of nitrogens with two attached hydrogens (primary N) is 1. The molecule has 132 valence electrons. The van der Waals surface area contributed by atoms with Gasteiger partial charge in [0.05, 0.1) is 0 Å². The average Bonchev–Trinajstić information content (AvgIpc) is 2.63. The van der Waals surface area contributed by atoms with Crippen molar-refractivity contribution in [3.63, 3.8) is 0 Å². The summed E-state index contributed by atoms with van der Waals surface area (Å²) in [6, 6.07) is 23.8. The zero-order valence-electron chi connectivity index (χ0n) is 14.6. The predicted octanol–water partition coefficient (Wildman–Crippen LogP) is 5.79. The molecule has 3 rings (SSSR count). The molecule has 4 heteroatoms. The summed E-state index contributed by atoms with van der Waals surface area (Å²) in [5, 5.41) is 0. The van der Waals surface area contributed by atoms with Gasteiger partial charge in [-0.25, -0.2) is 0 Å². The minimum atomic E-state index is -0.193. The van der Waals surface area contributed by atoms with Crippen LogP contribution in [0, 0.1) is 0 Å². The fraction of sp³-hybridized carbons (Fsp3) is 0.136. The highest BCUT2D eigenvalue weighted by Gasteiger charge is 2.05. The van der Waals surface area contributed by atoms with E-state index >= 15 is 0 Å². The smallest absolute Gasteiger partial charge is 0.311 e. The van der Waals surface area contributed by atoms with Crippen molar-refractivity contribution in [2.24, 2.45) is 0 Å². The highest BCUT2D eigenvalue weighted by molar-refractivity contribution is 7.99. The molecule has 26 heavy (non-hydrogen) atoms. The van der Waals surface area contributed by atoms with Crippen molar-refractivity contribution in [3.8, 4) is 16.9 Å². The summed E-state index contributed by atoms with van der Waals surface area (Å²) < 4.78 is 5.36. The van der Waals surface area contributed by atoms with Crippen LogP contribution in [0.2, 0.25) is 0 Å². The molecule has 0 heterocycles. The molecule has 0 aliphatic carbocycles. The molecule has 0 aliphatic heterocycles. The van der Waals surface area contributed by atoms with E-state index < -0.39 is 0 Å². The van der Waals surface area contributed by atoms with E-state index in [-0.39, 0.29) is 5.97 Å². The van der Waals surface area contributed by atoms with E-state index in [2.05, 4.69) is 24.3 Å². The molecule has 2 N–H and O–H groups in total. The number of hydrogen-bond donors (Lipinski definition) is 1. The quantitative estimate of drug-likeness (QED) is 0.342. The van der Waals surface area contributed by atoms with Gasteiger partial charge in [0, 0.05) is 21.9 Å². The molecule has 0 radical (unpaired) electrons. The molecular weight excluding hydrogens is 342 g/mol. The summed E-state index contributed by atoms with van der Waals surface area (Å²) in [5.41, 5.74) is 8.85. The molecule has 0 saturated heterocycles. The zero-order chi connectivity index (χ0) is 18.4. The molecule has 0 aliphatic rings. The second-order valence-corrected chi connectivity index (χ2v) is 7.10. The number of nitrogen functional groups attached to an aromatic ring is 1. The lowest BCUT2D eigenvalue weighted by molar-refractivity contribution is -0.134. The lowest BCUT2D eigenvalue weighted by Gasteiger charge is -2.07. The van der Waals surface area contributed by atoms with Crippen molar-refractivity contribution in [2.45, 2.75) is 29.6 Å². The Hall–Kier alpha value is -2.72. The zero-order valence-corrected chi connectivity index (χ0v) is 15.5. The van der Waals surface area contributed by atoms with Crippen molar-refractivity contribution in [1.29, 1.82) is 0 Å². The number of carbonyl (C=O) groups is 1. The molecule has 0 aromatic heterocycles. The first-order valence-electron chi connectivity index (χ1n) is 8.58. The van der Waals surface area contributed by atoms with Crippen LogP contribution in [0.1, 0.15) is 19.8 Å². The number of hydrogen-bond acceptors (Lipinski definition) is 4. The highest BCUT2D eigenvalue weighted by atomic mass is 32.2. The van der Waals surface area contributed by atoms with Crippen LogP contribution in [-0.2, 0) is 4.79 Å². The molecule has 3 nitrogen and oxygen atoms in total. The predicted molar refractivity (Wildman–Crippen MR) is 107 cm³/mol. The number of benzene rings is 3. The average molecular weight is 363 g/mol. The first-order valence-corrected chi connectivity index (χ1v) is 9.40. The monoisotopic (exact) mass is 363 g/mol. The molecular formula is C22H21NO2S. The largest absolute Gasteiger partial charge is 0.426 e. The first-order chi connectivity index (χ1) is 12.6. The highest BCUT2D eigenvalue weighted by Crippen LogP contribution is 2.32. The molecule has 3 aromatic rings. The molecule has 0 bridgehead atoms. The van der Waals surface area contributed by atoms with E-state index in [0.29, 0.717) is 12.2 Å². The Labute approximate surface area is 158 Å². The number of esters is 1. The topological polar surface area (TPSA) is 52.3 Å². The van der Waals surface area contributed by atoms with Gasteiger partial charge >= 0.3 is 5.97 Å². The van der Waals surface area contributed by atoms with Gasteiger partial charge in [-0.2, -0.15) is 0 Å². The third-order valence-corrected chi connectivity index (χ3v) is 4.80. The summed E-state index contributed by atoms with van der Waals surface area (Å²) in [7, 11) is 0. The van der Waals surface area contributed by atoms with E-state index in [9.17, 15) is 4.79 Å². The van der Waals surface area contributed by atoms with Crippen LogP contribution in [0.15, 0.2) is 82.6 Å². The van der Waals surface area contributed by atoms with Gasteiger partial charge in [-0.1, -0.05) is 49.0 Å². The first kappa shape index (κ1) is 18.1. The summed E-state index contributed by atoms with van der Waals surface area (Å²) in [6.45, 7) is 1.96. The van der Waals surface area contributed by atoms with Crippen LogP contribution in [0.3, 0.4) is 0 Å². The summed E-state index contributed by atoms with van der Waals surface area (Å²) in [4.78, 5) is 13.8. The molecule has 0 spiro atoms. The van der Waals surface area contributed by atoms with Crippen LogP contribution in [-0.4, -0.2) is 5.97 Å². The summed E-state index contributed by atoms with van der Waals surface area (Å²) in [6.07, 6.45) is 1.22. The SMILES string of the molecule is CCCC(=O)Oc1cccc(Sc2ccc(-c3cccc(N)c3)cc2)c1. The van der Waals surface area contributed by atoms with E-state index in [1.54, 1.807) is 17.8 Å². The van der Waals surface area contributed by atoms with Crippen molar-refractivity contribution < 1.29 is 9.53 Å². The van der Waals surface area contributed by atoms with Gasteiger partial charge in [-0.3, -0.25) is 4.79 Å². The maximum Gasteiger partial charge on any atom is 0.311 e. The minimum Gasteiger partial charge on any atom is -0.426 e. The van der Waals surface area contributed by atoms with Crippen molar-refractivity contribution in [1.82, 2.24) is 0 Å². The fourth-order valence-corrected chi connectivity index (χ4v) is 3.42. The van der Waals surface area contributed by atoms with Gasteiger partial charge in [-0.15, -0.1) is 0 Å². The van der Waals surface area contributed by atoms with Crippen LogP contribution < -0.4 is 10.5 Å². The van der Waals surface area contributed by atoms with Gasteiger partial charge < -0.3 is 10.5 Å². The van der Waals surface area contributed by atoms with E-state index in [1.807, 2.05) is 49.4 Å². The van der Waals surface area contributed by atoms with Gasteiger partial charge in [0.25, 0.3) is 0 Å². The van der Waals surface area contributed by atoms with Crippen LogP contribution in [0.4, 0.5) is 5.69 Å². The Morgan fingerprint density at radius 1 is 0.923 bits per heavy atom. The van der Waals surface area contributed by atoms with Crippen LogP contribution in [0.25, 0.3) is 11.1 Å². The number of anilines is 1. The number of rotatable bonds is 6. The van der Waals surface area contributed by atoms with E-state index in [0.717, 1.165) is 33.0 Å². The Balaban J connectivity index is 1.70. The normalized spacial score (nSPS) is 10.5. The van der Waals surface area contributed by atoms with Crippen molar-refractivity contribution in [2.75, 3.05) is 5.73 Å². The minimum absolute atomic E-state index is 0.193. The van der Waals surface area contributed by atoms with Gasteiger partial charge in [0.15, 0.2) is 0 Å². The van der Waals surface area contributed by atoms with Crippen LogP contribution >= 0.6 is 11.8 Å². The summed E-state index contributed by atoms with van der Waals surface area (Å²) in [5.74, 6) is 0.394. The third-order valence-electron chi connectivity index (χ3n) is 3.80. The Kier molecular flexibility index (Phi) is 5.97. The van der Waals surface area contributed by atoms with Gasteiger partial charge in [-0.05, 0) is 60.0 Å². The Bertz CT molecular complexity index is 891. The molecule has 0 unspecified atom stereocenters. The maximum atomic E-state index is 11.6. The standard InChI is InChI=1S/C22H21NO2S/c1-2-5-22(24)25-19-8-4-9-21(15-19)26-20-12-10-16(11-13-20)17-6-3-7-18(23)14-17/h3-4,6-15H,2,5,23H2,1H3. The van der Waals surface area contributed by atoms with Crippen molar-refractivity contribution >= 4 is 23.4 Å². The molecule has 0 saturated carbocycles.